The Morgan fingerprint density at radius 3 is 3.12 bits per heavy atom. The van der Waals surface area contributed by atoms with E-state index in [1.807, 2.05) is 6.20 Å². The minimum absolute atomic E-state index is 0.308. The molecule has 0 aromatic carbocycles. The molecule has 1 aliphatic rings. The number of hydrogen-bond donors (Lipinski definition) is 1. The average Bonchev–Trinajstić information content (AvgIpc) is 3.01. The Morgan fingerprint density at radius 1 is 1.38 bits per heavy atom. The van der Waals surface area contributed by atoms with Crippen molar-refractivity contribution in [1.29, 1.82) is 0 Å². The highest BCUT2D eigenvalue weighted by atomic mass is 32.1. The summed E-state index contributed by atoms with van der Waals surface area (Å²) in [5.74, 6) is 0.951. The maximum atomic E-state index is 5.77. The zero-order valence-corrected chi connectivity index (χ0v) is 9.80. The lowest BCUT2D eigenvalue weighted by atomic mass is 10.1. The summed E-state index contributed by atoms with van der Waals surface area (Å²) in [5.41, 5.74) is 0. The molecule has 1 atom stereocenters. The molecule has 1 aliphatic heterocycles. The number of thiophene rings is 1. The summed E-state index contributed by atoms with van der Waals surface area (Å²) in [5, 5.41) is 0. The van der Waals surface area contributed by atoms with E-state index in [9.17, 15) is 0 Å². The summed E-state index contributed by atoms with van der Waals surface area (Å²) in [4.78, 5) is 9.90. The van der Waals surface area contributed by atoms with Crippen molar-refractivity contribution in [2.75, 3.05) is 6.61 Å². The van der Waals surface area contributed by atoms with Crippen molar-refractivity contribution in [1.82, 2.24) is 9.97 Å². The van der Waals surface area contributed by atoms with E-state index >= 15 is 0 Å². The molecule has 4 heteroatoms. The first kappa shape index (κ1) is 10.1. The molecule has 2 aromatic heterocycles. The van der Waals surface area contributed by atoms with E-state index in [4.69, 9.17) is 4.74 Å². The molecule has 0 saturated carbocycles. The Labute approximate surface area is 98.5 Å². The monoisotopic (exact) mass is 234 g/mol. The van der Waals surface area contributed by atoms with Gasteiger partial charge in [0, 0.05) is 23.9 Å². The second kappa shape index (κ2) is 4.39. The van der Waals surface area contributed by atoms with Crippen molar-refractivity contribution in [2.24, 2.45) is 0 Å². The normalized spacial score (nSPS) is 21.1. The minimum atomic E-state index is 0.308. The lowest BCUT2D eigenvalue weighted by Crippen LogP contribution is -2.09. The molecule has 3 nitrogen and oxygen atoms in total. The van der Waals surface area contributed by atoms with E-state index in [-0.39, 0.29) is 0 Å². The van der Waals surface area contributed by atoms with Crippen LogP contribution in [-0.4, -0.2) is 16.6 Å². The SMILES string of the molecule is c1c[nH]c(-c2ccc(C3CCCCO3)s2)n1. The molecule has 1 saturated heterocycles. The van der Waals surface area contributed by atoms with Gasteiger partial charge in [-0.05, 0) is 31.4 Å². The molecular formula is C12H14N2OS. The van der Waals surface area contributed by atoms with Gasteiger partial charge in [0.1, 0.15) is 5.82 Å². The number of nitrogens with zero attached hydrogens (tertiary/aromatic N) is 1. The minimum Gasteiger partial charge on any atom is -0.373 e. The number of ether oxygens (including phenoxy) is 1. The van der Waals surface area contributed by atoms with Crippen LogP contribution in [-0.2, 0) is 4.74 Å². The van der Waals surface area contributed by atoms with Gasteiger partial charge in [-0.1, -0.05) is 0 Å². The third kappa shape index (κ3) is 1.90. The largest absolute Gasteiger partial charge is 0.373 e. The van der Waals surface area contributed by atoms with Crippen molar-refractivity contribution < 1.29 is 4.74 Å². The first-order valence-electron chi connectivity index (χ1n) is 5.64. The van der Waals surface area contributed by atoms with Gasteiger partial charge in [-0.3, -0.25) is 0 Å². The summed E-state index contributed by atoms with van der Waals surface area (Å²) >= 11 is 1.78. The van der Waals surface area contributed by atoms with Crippen molar-refractivity contribution >= 4 is 11.3 Å². The molecule has 3 rings (SSSR count). The molecule has 0 amide bonds. The lowest BCUT2D eigenvalue weighted by Gasteiger charge is -2.21. The summed E-state index contributed by atoms with van der Waals surface area (Å²) in [6, 6.07) is 4.29. The number of rotatable bonds is 2. The molecule has 0 aliphatic carbocycles. The smallest absolute Gasteiger partial charge is 0.147 e. The molecule has 3 heterocycles. The van der Waals surface area contributed by atoms with E-state index in [0.29, 0.717) is 6.10 Å². The van der Waals surface area contributed by atoms with Gasteiger partial charge in [0.2, 0.25) is 0 Å². The second-order valence-electron chi connectivity index (χ2n) is 4.00. The van der Waals surface area contributed by atoms with E-state index in [2.05, 4.69) is 22.1 Å². The molecule has 2 aromatic rings. The molecule has 1 fully saturated rings. The molecule has 0 spiro atoms. The molecule has 0 bridgehead atoms. The first-order chi connectivity index (χ1) is 7.93. The van der Waals surface area contributed by atoms with Crippen LogP contribution in [0.15, 0.2) is 24.5 Å². The highest BCUT2D eigenvalue weighted by Gasteiger charge is 2.18. The van der Waals surface area contributed by atoms with E-state index in [0.717, 1.165) is 18.9 Å². The third-order valence-electron chi connectivity index (χ3n) is 2.86. The summed E-state index contributed by atoms with van der Waals surface area (Å²) in [6.45, 7) is 0.901. The molecule has 84 valence electrons. The number of hydrogen-bond acceptors (Lipinski definition) is 3. The van der Waals surface area contributed by atoms with Crippen molar-refractivity contribution in [3.63, 3.8) is 0 Å². The molecule has 1 unspecified atom stereocenters. The number of aromatic nitrogens is 2. The van der Waals surface area contributed by atoms with Crippen molar-refractivity contribution in [3.05, 3.63) is 29.4 Å². The van der Waals surface area contributed by atoms with Crippen LogP contribution in [0.4, 0.5) is 0 Å². The predicted octanol–water partition coefficient (Wildman–Crippen LogP) is 3.38. The number of H-pyrrole nitrogens is 1. The van der Waals surface area contributed by atoms with E-state index < -0.39 is 0 Å². The van der Waals surface area contributed by atoms with Gasteiger partial charge in [0.05, 0.1) is 11.0 Å². The highest BCUT2D eigenvalue weighted by Crippen LogP contribution is 2.35. The van der Waals surface area contributed by atoms with Crippen LogP contribution >= 0.6 is 11.3 Å². The lowest BCUT2D eigenvalue weighted by molar-refractivity contribution is 0.0172. The first-order valence-corrected chi connectivity index (χ1v) is 6.46. The van der Waals surface area contributed by atoms with E-state index in [1.165, 1.54) is 22.6 Å². The van der Waals surface area contributed by atoms with Gasteiger partial charge in [-0.2, -0.15) is 0 Å². The van der Waals surface area contributed by atoms with Crippen molar-refractivity contribution in [2.45, 2.75) is 25.4 Å². The Balaban J connectivity index is 1.82. The topological polar surface area (TPSA) is 37.9 Å². The highest BCUT2D eigenvalue weighted by molar-refractivity contribution is 7.15. The Bertz CT molecular complexity index is 443. The van der Waals surface area contributed by atoms with Gasteiger partial charge >= 0.3 is 0 Å². The summed E-state index contributed by atoms with van der Waals surface area (Å²) in [6.07, 6.45) is 7.57. The van der Waals surface area contributed by atoms with Gasteiger partial charge in [-0.25, -0.2) is 4.98 Å². The second-order valence-corrected chi connectivity index (χ2v) is 5.11. The molecule has 1 N–H and O–H groups in total. The van der Waals surface area contributed by atoms with Crippen LogP contribution in [0.3, 0.4) is 0 Å². The Hall–Kier alpha value is -1.13. The fraction of sp³-hybridized carbons (Fsp3) is 0.417. The third-order valence-corrected chi connectivity index (χ3v) is 4.04. The van der Waals surface area contributed by atoms with Crippen LogP contribution in [0.25, 0.3) is 10.7 Å². The average molecular weight is 234 g/mol. The van der Waals surface area contributed by atoms with Crippen LogP contribution in [0, 0.1) is 0 Å². The van der Waals surface area contributed by atoms with Gasteiger partial charge < -0.3 is 9.72 Å². The summed E-state index contributed by atoms with van der Waals surface area (Å²) in [7, 11) is 0. The van der Waals surface area contributed by atoms with Crippen molar-refractivity contribution in [3.8, 4) is 10.7 Å². The fourth-order valence-electron chi connectivity index (χ4n) is 2.02. The number of aromatic amines is 1. The van der Waals surface area contributed by atoms with Crippen LogP contribution in [0.2, 0.25) is 0 Å². The molecular weight excluding hydrogens is 220 g/mol. The Morgan fingerprint density at radius 2 is 2.38 bits per heavy atom. The van der Waals surface area contributed by atoms with Crippen LogP contribution in [0.1, 0.15) is 30.2 Å². The van der Waals surface area contributed by atoms with Gasteiger partial charge in [-0.15, -0.1) is 11.3 Å². The maximum Gasteiger partial charge on any atom is 0.147 e. The zero-order chi connectivity index (χ0) is 10.8. The number of imidazole rings is 1. The zero-order valence-electron chi connectivity index (χ0n) is 8.98. The summed E-state index contributed by atoms with van der Waals surface area (Å²) < 4.78 is 5.77. The van der Waals surface area contributed by atoms with Crippen LogP contribution in [0.5, 0.6) is 0 Å². The molecule has 0 radical (unpaired) electrons. The Kier molecular flexibility index (Phi) is 2.76. The van der Waals surface area contributed by atoms with Gasteiger partial charge in [0.25, 0.3) is 0 Å². The number of nitrogens with one attached hydrogen (secondary N) is 1. The van der Waals surface area contributed by atoms with Crippen LogP contribution < -0.4 is 0 Å². The van der Waals surface area contributed by atoms with Gasteiger partial charge in [0.15, 0.2) is 0 Å². The fourth-order valence-corrected chi connectivity index (χ4v) is 3.07. The predicted molar refractivity (Wildman–Crippen MR) is 64.4 cm³/mol. The quantitative estimate of drug-likeness (QED) is 0.865. The maximum absolute atomic E-state index is 5.77. The molecule has 16 heavy (non-hydrogen) atoms. The standard InChI is InChI=1S/C12H14N2OS/c1-2-8-15-9(3-1)10-4-5-11(16-10)12-13-6-7-14-12/h4-7,9H,1-3,8H2,(H,13,14). The van der Waals surface area contributed by atoms with E-state index in [1.54, 1.807) is 17.5 Å².